The van der Waals surface area contributed by atoms with E-state index in [-0.39, 0.29) is 0 Å². The Morgan fingerprint density at radius 2 is 2.33 bits per heavy atom. The molecule has 0 spiro atoms. The van der Waals surface area contributed by atoms with Crippen LogP contribution in [0.15, 0.2) is 30.9 Å². The molecule has 3 heterocycles. The zero-order valence-electron chi connectivity index (χ0n) is 6.44. The first-order valence-electron chi connectivity index (χ1n) is 3.89. The summed E-state index contributed by atoms with van der Waals surface area (Å²) in [6, 6.07) is 2.02. The van der Waals surface area contributed by atoms with Gasteiger partial charge in [-0.2, -0.15) is 0 Å². The van der Waals surface area contributed by atoms with Crippen LogP contribution in [0.4, 0.5) is 0 Å². The van der Waals surface area contributed by atoms with Crippen molar-refractivity contribution in [1.29, 1.82) is 0 Å². The summed E-state index contributed by atoms with van der Waals surface area (Å²) in [5.74, 6) is 1.06. The Morgan fingerprint density at radius 1 is 1.33 bits per heavy atom. The second kappa shape index (κ2) is 1.94. The van der Waals surface area contributed by atoms with Crippen molar-refractivity contribution in [2.75, 3.05) is 0 Å². The summed E-state index contributed by atoms with van der Waals surface area (Å²) in [5.41, 5.74) is 2.48. The monoisotopic (exact) mass is 157 g/mol. The first-order valence-corrected chi connectivity index (χ1v) is 3.89. The van der Waals surface area contributed by atoms with Gasteiger partial charge in [0, 0.05) is 35.9 Å². The van der Waals surface area contributed by atoms with E-state index in [2.05, 4.69) is 14.5 Å². The molecule has 2 aromatic heterocycles. The van der Waals surface area contributed by atoms with Crippen molar-refractivity contribution in [3.05, 3.63) is 36.4 Å². The third-order valence-corrected chi connectivity index (χ3v) is 2.20. The topological polar surface area (TPSA) is 30.7 Å². The molecule has 0 saturated carbocycles. The largest absolute Gasteiger partial charge is 0.326 e. The molecule has 0 atom stereocenters. The Balaban J connectivity index is 2.34. The smallest absolute Gasteiger partial charge is 0.140 e. The molecule has 0 amide bonds. The summed E-state index contributed by atoms with van der Waals surface area (Å²) in [5, 5.41) is 0. The molecule has 3 nitrogen and oxygen atoms in total. The van der Waals surface area contributed by atoms with E-state index in [1.54, 1.807) is 0 Å². The lowest BCUT2D eigenvalue weighted by molar-refractivity contribution is 0.845. The summed E-state index contributed by atoms with van der Waals surface area (Å²) in [6.45, 7) is 0.915. The molecule has 3 rings (SSSR count). The van der Waals surface area contributed by atoms with Crippen molar-refractivity contribution in [3.63, 3.8) is 0 Å². The van der Waals surface area contributed by atoms with Crippen LogP contribution < -0.4 is 0 Å². The predicted octanol–water partition coefficient (Wildman–Crippen LogP) is 1.31. The zero-order chi connectivity index (χ0) is 7.97. The minimum absolute atomic E-state index is 0.915. The van der Waals surface area contributed by atoms with Crippen LogP contribution in [0.5, 0.6) is 0 Å². The molecular formula is C9H7N3. The molecule has 0 bridgehead atoms. The fourth-order valence-corrected chi connectivity index (χ4v) is 1.64. The molecule has 2 aromatic rings. The van der Waals surface area contributed by atoms with Crippen LogP contribution in [-0.2, 0) is 6.54 Å². The number of rotatable bonds is 0. The van der Waals surface area contributed by atoms with Crippen LogP contribution in [0.3, 0.4) is 0 Å². The molecule has 0 aliphatic carbocycles. The summed E-state index contributed by atoms with van der Waals surface area (Å²) in [4.78, 5) is 8.35. The second-order valence-electron chi connectivity index (χ2n) is 2.91. The standard InChI is InChI=1S/C9H7N3/c1-2-10-5-7-6-12-4-3-11-9(12)8(1)7/h1-5H,6H2. The molecule has 1 aliphatic heterocycles. The number of nitrogens with zero attached hydrogens (tertiary/aromatic N) is 3. The van der Waals surface area contributed by atoms with Crippen LogP contribution >= 0.6 is 0 Å². The normalized spacial score (nSPS) is 12.7. The number of hydrogen-bond donors (Lipinski definition) is 0. The Kier molecular flexibility index (Phi) is 0.961. The van der Waals surface area contributed by atoms with Crippen LogP contribution in [0.2, 0.25) is 0 Å². The van der Waals surface area contributed by atoms with Gasteiger partial charge in [-0.25, -0.2) is 4.98 Å². The molecule has 0 N–H and O–H groups in total. The van der Waals surface area contributed by atoms with Gasteiger partial charge in [-0.3, -0.25) is 4.98 Å². The van der Waals surface area contributed by atoms with E-state index in [4.69, 9.17) is 0 Å². The van der Waals surface area contributed by atoms with Gasteiger partial charge in [0.15, 0.2) is 0 Å². The summed E-state index contributed by atoms with van der Waals surface area (Å²) in [6.07, 6.45) is 7.54. The van der Waals surface area contributed by atoms with Gasteiger partial charge >= 0.3 is 0 Å². The van der Waals surface area contributed by atoms with Gasteiger partial charge in [0.1, 0.15) is 5.82 Å². The second-order valence-corrected chi connectivity index (χ2v) is 2.91. The molecular weight excluding hydrogens is 150 g/mol. The third-order valence-electron chi connectivity index (χ3n) is 2.20. The molecule has 0 fully saturated rings. The van der Waals surface area contributed by atoms with E-state index >= 15 is 0 Å². The first kappa shape index (κ1) is 5.94. The van der Waals surface area contributed by atoms with Gasteiger partial charge < -0.3 is 4.57 Å². The van der Waals surface area contributed by atoms with E-state index in [1.807, 2.05) is 30.9 Å². The maximum absolute atomic E-state index is 4.27. The van der Waals surface area contributed by atoms with E-state index in [0.717, 1.165) is 12.4 Å². The van der Waals surface area contributed by atoms with Crippen molar-refractivity contribution in [3.8, 4) is 11.4 Å². The lowest BCUT2D eigenvalue weighted by Crippen LogP contribution is -1.88. The fourth-order valence-electron chi connectivity index (χ4n) is 1.64. The van der Waals surface area contributed by atoms with Crippen molar-refractivity contribution in [2.45, 2.75) is 6.54 Å². The van der Waals surface area contributed by atoms with Crippen LogP contribution in [0.1, 0.15) is 5.56 Å². The quantitative estimate of drug-likeness (QED) is 0.492. The number of hydrogen-bond acceptors (Lipinski definition) is 2. The fraction of sp³-hybridized carbons (Fsp3) is 0.111. The Bertz CT molecular complexity index is 431. The summed E-state index contributed by atoms with van der Waals surface area (Å²) >= 11 is 0. The van der Waals surface area contributed by atoms with Crippen molar-refractivity contribution in [1.82, 2.24) is 14.5 Å². The average molecular weight is 157 g/mol. The van der Waals surface area contributed by atoms with Gasteiger partial charge in [0.25, 0.3) is 0 Å². The highest BCUT2D eigenvalue weighted by molar-refractivity contribution is 5.63. The van der Waals surface area contributed by atoms with Gasteiger partial charge in [0.05, 0.1) is 6.54 Å². The Labute approximate surface area is 69.7 Å². The lowest BCUT2D eigenvalue weighted by atomic mass is 10.2. The highest BCUT2D eigenvalue weighted by Gasteiger charge is 2.17. The number of fused-ring (bicyclic) bond motifs is 3. The van der Waals surface area contributed by atoms with Gasteiger partial charge in [-0.05, 0) is 6.07 Å². The van der Waals surface area contributed by atoms with Crippen LogP contribution in [0.25, 0.3) is 11.4 Å². The van der Waals surface area contributed by atoms with E-state index in [9.17, 15) is 0 Å². The first-order chi connectivity index (χ1) is 5.95. The highest BCUT2D eigenvalue weighted by Crippen LogP contribution is 2.28. The Hall–Kier alpha value is -1.64. The number of imidazole rings is 1. The highest BCUT2D eigenvalue weighted by atomic mass is 15.1. The van der Waals surface area contributed by atoms with Crippen molar-refractivity contribution >= 4 is 0 Å². The van der Waals surface area contributed by atoms with Gasteiger partial charge in [-0.15, -0.1) is 0 Å². The molecule has 3 heteroatoms. The molecule has 0 saturated heterocycles. The maximum atomic E-state index is 4.27. The molecule has 12 heavy (non-hydrogen) atoms. The van der Waals surface area contributed by atoms with E-state index in [0.29, 0.717) is 0 Å². The third kappa shape index (κ3) is 0.605. The van der Waals surface area contributed by atoms with Crippen LogP contribution in [-0.4, -0.2) is 14.5 Å². The molecule has 0 aromatic carbocycles. The summed E-state index contributed by atoms with van der Waals surface area (Å²) in [7, 11) is 0. The van der Waals surface area contributed by atoms with E-state index < -0.39 is 0 Å². The SMILES string of the molecule is c1cc2c(cn1)Cn1ccnc1-2. The van der Waals surface area contributed by atoms with Crippen molar-refractivity contribution in [2.24, 2.45) is 0 Å². The minimum Gasteiger partial charge on any atom is -0.326 e. The molecule has 58 valence electrons. The minimum atomic E-state index is 0.915. The molecule has 0 radical (unpaired) electrons. The Morgan fingerprint density at radius 3 is 3.33 bits per heavy atom. The number of pyridine rings is 1. The number of aromatic nitrogens is 3. The molecule has 1 aliphatic rings. The van der Waals surface area contributed by atoms with Crippen LogP contribution in [0, 0.1) is 0 Å². The lowest BCUT2D eigenvalue weighted by Gasteiger charge is -1.92. The van der Waals surface area contributed by atoms with Crippen molar-refractivity contribution < 1.29 is 0 Å². The van der Waals surface area contributed by atoms with Gasteiger partial charge in [0.2, 0.25) is 0 Å². The molecule has 0 unspecified atom stereocenters. The zero-order valence-corrected chi connectivity index (χ0v) is 6.44. The van der Waals surface area contributed by atoms with E-state index in [1.165, 1.54) is 11.1 Å². The van der Waals surface area contributed by atoms with Gasteiger partial charge in [-0.1, -0.05) is 0 Å². The maximum Gasteiger partial charge on any atom is 0.140 e. The predicted molar refractivity (Wildman–Crippen MR) is 44.6 cm³/mol. The summed E-state index contributed by atoms with van der Waals surface area (Å²) < 4.78 is 2.13. The average Bonchev–Trinajstić information content (AvgIpc) is 2.62.